The van der Waals surface area contributed by atoms with Gasteiger partial charge in [-0.3, -0.25) is 14.4 Å². The molecule has 0 aromatic carbocycles. The van der Waals surface area contributed by atoms with E-state index in [4.69, 9.17) is 23.7 Å². The van der Waals surface area contributed by atoms with E-state index in [0.29, 0.717) is 76.2 Å². The molecular weight excluding hydrogens is 819 g/mol. The van der Waals surface area contributed by atoms with Gasteiger partial charge < -0.3 is 43.9 Å². The van der Waals surface area contributed by atoms with E-state index in [2.05, 4.69) is 6.92 Å². The van der Waals surface area contributed by atoms with Crippen molar-refractivity contribution < 1.29 is 58.2 Å². The minimum atomic E-state index is -2.38. The molecular formula is C51H81NO12. The average Bonchev–Trinajstić information content (AvgIpc) is 3.27. The van der Waals surface area contributed by atoms with Crippen molar-refractivity contribution >= 4 is 23.4 Å². The van der Waals surface area contributed by atoms with Crippen LogP contribution in [-0.4, -0.2) is 126 Å². The van der Waals surface area contributed by atoms with Gasteiger partial charge in [0.15, 0.2) is 5.78 Å². The number of rotatable bonds is 6. The Hall–Kier alpha value is -3.04. The lowest BCUT2D eigenvalue weighted by Gasteiger charge is -2.42. The highest BCUT2D eigenvalue weighted by Crippen LogP contribution is 2.38. The van der Waals surface area contributed by atoms with E-state index >= 15 is 0 Å². The summed E-state index contributed by atoms with van der Waals surface area (Å²) < 4.78 is 29.6. The molecule has 3 fully saturated rings. The molecule has 4 rings (SSSR count). The van der Waals surface area contributed by atoms with Crippen LogP contribution in [0.3, 0.4) is 0 Å². The van der Waals surface area contributed by atoms with Gasteiger partial charge in [-0.15, -0.1) is 0 Å². The second kappa shape index (κ2) is 25.2. The Morgan fingerprint density at radius 2 is 1.55 bits per heavy atom. The lowest BCUT2D eigenvalue weighted by atomic mass is 9.78. The highest BCUT2D eigenvalue weighted by atomic mass is 16.6. The second-order valence-corrected chi connectivity index (χ2v) is 19.7. The van der Waals surface area contributed by atoms with Gasteiger partial charge in [0.2, 0.25) is 5.79 Å². The number of piperidine rings is 1. The van der Waals surface area contributed by atoms with Crippen LogP contribution >= 0.6 is 0 Å². The predicted molar refractivity (Wildman–Crippen MR) is 245 cm³/mol. The fourth-order valence-electron chi connectivity index (χ4n) is 10.3. The summed E-state index contributed by atoms with van der Waals surface area (Å²) >= 11 is 0. The van der Waals surface area contributed by atoms with Gasteiger partial charge in [-0.2, -0.15) is 0 Å². The maximum Gasteiger partial charge on any atom is 0.329 e. The number of ketones is 2. The van der Waals surface area contributed by atoms with Crippen molar-refractivity contribution in [1.29, 1.82) is 0 Å². The molecule has 15 atom stereocenters. The number of carbonyl (C=O) groups excluding carboxylic acids is 4. The predicted octanol–water partition coefficient (Wildman–Crippen LogP) is 7.00. The fraction of sp³-hybridized carbons (Fsp3) is 0.765. The Labute approximate surface area is 383 Å². The summed E-state index contributed by atoms with van der Waals surface area (Å²) in [4.78, 5) is 57.8. The summed E-state index contributed by atoms with van der Waals surface area (Å²) in [5.41, 5.74) is 1.51. The molecule has 1 saturated carbocycles. The molecule has 0 aromatic heterocycles. The third kappa shape index (κ3) is 14.2. The van der Waals surface area contributed by atoms with Gasteiger partial charge in [0.1, 0.15) is 24.4 Å². The molecule has 1 amide bonds. The maximum absolute atomic E-state index is 14.4. The zero-order valence-electron chi connectivity index (χ0n) is 40.4. The molecule has 1 aliphatic carbocycles. The van der Waals surface area contributed by atoms with Crippen LogP contribution < -0.4 is 0 Å². The number of aliphatic hydroxyl groups excluding tert-OH is 2. The molecule has 0 unspecified atom stereocenters. The molecule has 3 N–H and O–H groups in total. The van der Waals surface area contributed by atoms with Gasteiger partial charge in [-0.05, 0) is 126 Å². The first-order valence-electron chi connectivity index (χ1n) is 24.0. The number of cyclic esters (lactones) is 1. The van der Waals surface area contributed by atoms with E-state index < -0.39 is 72.0 Å². The number of hydrogen-bond acceptors (Lipinski definition) is 12. The molecule has 13 nitrogen and oxygen atoms in total. The molecule has 3 aliphatic heterocycles. The Morgan fingerprint density at radius 3 is 2.23 bits per heavy atom. The normalized spacial score (nSPS) is 39.5. The zero-order chi connectivity index (χ0) is 47.3. The highest BCUT2D eigenvalue weighted by Gasteiger charge is 2.53. The number of nitrogens with zero attached hydrogens (tertiary/aromatic N) is 1. The molecule has 64 heavy (non-hydrogen) atoms. The van der Waals surface area contributed by atoms with Gasteiger partial charge in [0, 0.05) is 46.1 Å². The first-order valence-corrected chi connectivity index (χ1v) is 24.0. The monoisotopic (exact) mass is 900 g/mol. The van der Waals surface area contributed by atoms with Crippen molar-refractivity contribution in [1.82, 2.24) is 4.90 Å². The molecule has 13 heteroatoms. The van der Waals surface area contributed by atoms with E-state index in [1.165, 1.54) is 12.0 Å². The zero-order valence-corrected chi connectivity index (χ0v) is 40.4. The highest BCUT2D eigenvalue weighted by molar-refractivity contribution is 6.39. The summed E-state index contributed by atoms with van der Waals surface area (Å²) in [5, 5.41) is 33.9. The van der Waals surface area contributed by atoms with Crippen LogP contribution in [0.15, 0.2) is 47.6 Å². The first kappa shape index (κ1) is 53.6. The van der Waals surface area contributed by atoms with Gasteiger partial charge in [0.05, 0.1) is 24.4 Å². The second-order valence-electron chi connectivity index (χ2n) is 19.7. The Balaban J connectivity index is 1.67. The molecule has 2 saturated heterocycles. The largest absolute Gasteiger partial charge is 0.461 e. The van der Waals surface area contributed by atoms with E-state index in [0.717, 1.165) is 18.4 Å². The van der Waals surface area contributed by atoms with Gasteiger partial charge in [-0.1, -0.05) is 71.1 Å². The van der Waals surface area contributed by atoms with Crippen molar-refractivity contribution in [3.05, 3.63) is 47.6 Å². The molecule has 3 heterocycles. The third-order valence-electron chi connectivity index (χ3n) is 14.5. The molecule has 4 aliphatic rings. The van der Waals surface area contributed by atoms with Gasteiger partial charge >= 0.3 is 5.97 Å². The number of esters is 1. The topological polar surface area (TPSA) is 178 Å². The smallest absolute Gasteiger partial charge is 0.329 e. The summed E-state index contributed by atoms with van der Waals surface area (Å²) in [5.74, 6) is -6.09. The third-order valence-corrected chi connectivity index (χ3v) is 14.5. The number of methoxy groups -OCH3 is 3. The van der Waals surface area contributed by atoms with Crippen LogP contribution in [-0.2, 0) is 42.9 Å². The maximum atomic E-state index is 14.4. The number of ether oxygens (including phenoxy) is 5. The van der Waals surface area contributed by atoms with E-state index in [1.54, 1.807) is 28.1 Å². The van der Waals surface area contributed by atoms with Crippen molar-refractivity contribution in [2.75, 3.05) is 27.9 Å². The average molecular weight is 900 g/mol. The van der Waals surface area contributed by atoms with Gasteiger partial charge in [-0.25, -0.2) is 4.79 Å². The van der Waals surface area contributed by atoms with Crippen LogP contribution in [0.2, 0.25) is 0 Å². The van der Waals surface area contributed by atoms with E-state index in [1.807, 2.05) is 64.2 Å². The summed E-state index contributed by atoms with van der Waals surface area (Å²) in [6.07, 6.45) is 14.5. The van der Waals surface area contributed by atoms with Crippen LogP contribution in [0.5, 0.6) is 0 Å². The Morgan fingerprint density at radius 1 is 0.812 bits per heavy atom. The number of fused-ring (bicyclic) bond motifs is 3. The van der Waals surface area contributed by atoms with Crippen molar-refractivity contribution in [3.8, 4) is 0 Å². The molecule has 0 spiro atoms. The van der Waals surface area contributed by atoms with Gasteiger partial charge in [0.25, 0.3) is 11.7 Å². The van der Waals surface area contributed by atoms with Crippen LogP contribution in [0.4, 0.5) is 0 Å². The molecule has 0 radical (unpaired) electrons. The lowest BCUT2D eigenvalue weighted by Crippen LogP contribution is -2.61. The SMILES string of the molecule is CO[C@H]1C[C@@H]2CC[C@@H](C)[C@](O)(O2)C(=O)C(=O)N2CCCC[C@H]2C(=O)O[C@H]([C@H](C)C[C@@H]2CC[C@@H](O)[C@H](OC)C2)CC[C@H](C)/C=C(\C)[C@@H](O)[C@@H](OC)C(=O)[C@H](C)C[C@H](C)/C=C/C=CC=C1C. The standard InChI is InChI=1S/C51H81NO12/c1-31-16-12-11-13-17-33(3)43(60-8)30-39-22-20-37(7)51(59,64-39)48(56)49(57)52-25-15-14-18-40(52)50(58)63-42(34(4)28-38-21-23-41(53)44(29-38)61-9)24-19-32(2)27-36(6)46(55)47(62-10)45(54)35(5)26-31/h11-13,16-17,27,31-32,34-35,37-44,46-47,53,55,59H,14-15,18-26,28-30H2,1-10H3/b13-11?,16-12+,33-17?,36-27+/t31-,32+,34-,35-,37-,38+,39+,40+,41-,42+,43+,44-,46-,47+,51+/m1/s1. The van der Waals surface area contributed by atoms with Crippen molar-refractivity contribution in [3.63, 3.8) is 0 Å². The van der Waals surface area contributed by atoms with Crippen molar-refractivity contribution in [2.24, 2.45) is 35.5 Å². The van der Waals surface area contributed by atoms with E-state index in [-0.39, 0.29) is 48.0 Å². The number of hydrogen-bond donors (Lipinski definition) is 3. The number of carbonyl (C=O) groups is 4. The fourth-order valence-corrected chi connectivity index (χ4v) is 10.3. The summed E-state index contributed by atoms with van der Waals surface area (Å²) in [7, 11) is 4.65. The summed E-state index contributed by atoms with van der Waals surface area (Å²) in [6.45, 7) is 13.6. The van der Waals surface area contributed by atoms with E-state index in [9.17, 15) is 34.5 Å². The van der Waals surface area contributed by atoms with Crippen molar-refractivity contribution in [2.45, 2.75) is 186 Å². The minimum absolute atomic E-state index is 0.0678. The first-order chi connectivity index (χ1) is 30.3. The quantitative estimate of drug-likeness (QED) is 0.142. The number of aliphatic hydroxyl groups is 3. The number of amides is 1. The Bertz CT molecular complexity index is 1670. The molecule has 2 bridgehead atoms. The molecule has 362 valence electrons. The van der Waals surface area contributed by atoms with Crippen LogP contribution in [0.25, 0.3) is 0 Å². The van der Waals surface area contributed by atoms with Crippen LogP contribution in [0, 0.1) is 35.5 Å². The number of allylic oxidation sites excluding steroid dienone is 6. The lowest BCUT2D eigenvalue weighted by molar-refractivity contribution is -0.265. The minimum Gasteiger partial charge on any atom is -0.461 e. The molecule has 0 aromatic rings. The summed E-state index contributed by atoms with van der Waals surface area (Å²) in [6, 6.07) is -1.02. The number of Topliss-reactive ketones (excluding diaryl/α,β-unsaturated/α-hetero) is 2. The van der Waals surface area contributed by atoms with Crippen LogP contribution in [0.1, 0.15) is 132 Å². The Kier molecular flexibility index (Phi) is 21.1.